The first-order chi connectivity index (χ1) is 11.5. The van der Waals surface area contributed by atoms with E-state index in [1.54, 1.807) is 6.07 Å². The Morgan fingerprint density at radius 1 is 1.46 bits per heavy atom. The number of benzene rings is 1. The number of rotatable bonds is 4. The molecule has 0 unspecified atom stereocenters. The minimum Gasteiger partial charge on any atom is -0.467 e. The van der Waals surface area contributed by atoms with Gasteiger partial charge in [-0.2, -0.15) is 0 Å². The van der Waals surface area contributed by atoms with Gasteiger partial charge in [0, 0.05) is 25.7 Å². The maximum atomic E-state index is 13.4. The fraction of sp³-hybridized carbons (Fsp3) is 0.529. The molecule has 3 rings (SSSR count). The molecule has 0 N–H and O–H groups in total. The van der Waals surface area contributed by atoms with Crippen molar-refractivity contribution in [1.82, 2.24) is 14.5 Å². The fourth-order valence-corrected chi connectivity index (χ4v) is 3.26. The van der Waals surface area contributed by atoms with Gasteiger partial charge in [-0.1, -0.05) is 0 Å². The molecule has 0 radical (unpaired) electrons. The summed E-state index contributed by atoms with van der Waals surface area (Å²) >= 11 is 0. The topological polar surface area (TPSA) is 56.6 Å². The van der Waals surface area contributed by atoms with Crippen molar-refractivity contribution in [3.05, 3.63) is 29.8 Å². The molecule has 2 heterocycles. The lowest BCUT2D eigenvalue weighted by Crippen LogP contribution is -2.49. The SMILES string of the molecule is CCn1c(CN2C[C@@H](C)O[C@@H](C(=O)OC)C2)nc2cc(F)ccc21. The second-order valence-corrected chi connectivity index (χ2v) is 6.06. The molecule has 0 amide bonds. The second kappa shape index (κ2) is 6.86. The van der Waals surface area contributed by atoms with Crippen LogP contribution in [0.1, 0.15) is 19.7 Å². The number of carbonyl (C=O) groups excluding carboxylic acids is 1. The van der Waals surface area contributed by atoms with E-state index >= 15 is 0 Å². The molecule has 1 saturated heterocycles. The Kier molecular flexibility index (Phi) is 4.82. The Morgan fingerprint density at radius 2 is 2.25 bits per heavy atom. The Labute approximate surface area is 140 Å². The molecule has 0 spiro atoms. The monoisotopic (exact) mass is 335 g/mol. The van der Waals surface area contributed by atoms with Crippen LogP contribution in [0.15, 0.2) is 18.2 Å². The molecule has 0 aliphatic carbocycles. The summed E-state index contributed by atoms with van der Waals surface area (Å²) in [6, 6.07) is 4.65. The van der Waals surface area contributed by atoms with Gasteiger partial charge in [0.25, 0.3) is 0 Å². The summed E-state index contributed by atoms with van der Waals surface area (Å²) < 4.78 is 25.9. The smallest absolute Gasteiger partial charge is 0.336 e. The van der Waals surface area contributed by atoms with Gasteiger partial charge in [-0.25, -0.2) is 14.2 Å². The molecule has 1 aliphatic heterocycles. The van der Waals surface area contributed by atoms with Gasteiger partial charge in [0.05, 0.1) is 30.8 Å². The van der Waals surface area contributed by atoms with Crippen LogP contribution < -0.4 is 0 Å². The summed E-state index contributed by atoms with van der Waals surface area (Å²) in [5.74, 6) is 0.203. The third-order valence-corrected chi connectivity index (χ3v) is 4.27. The molecule has 2 aromatic rings. The highest BCUT2D eigenvalue weighted by molar-refractivity contribution is 5.76. The fourth-order valence-electron chi connectivity index (χ4n) is 3.26. The number of esters is 1. The summed E-state index contributed by atoms with van der Waals surface area (Å²) in [6.45, 7) is 6.45. The van der Waals surface area contributed by atoms with E-state index in [2.05, 4.69) is 14.5 Å². The maximum Gasteiger partial charge on any atom is 0.336 e. The molecule has 7 heteroatoms. The summed E-state index contributed by atoms with van der Waals surface area (Å²) in [4.78, 5) is 18.5. The lowest BCUT2D eigenvalue weighted by atomic mass is 10.2. The van der Waals surface area contributed by atoms with E-state index in [4.69, 9.17) is 9.47 Å². The summed E-state index contributed by atoms with van der Waals surface area (Å²) in [6.07, 6.45) is -0.657. The number of carbonyl (C=O) groups is 1. The first kappa shape index (κ1) is 16.9. The molecular weight excluding hydrogens is 313 g/mol. The average molecular weight is 335 g/mol. The van der Waals surface area contributed by atoms with Crippen molar-refractivity contribution < 1.29 is 18.7 Å². The lowest BCUT2D eigenvalue weighted by molar-refractivity contribution is -0.166. The Hall–Kier alpha value is -1.99. The minimum absolute atomic E-state index is 0.0697. The summed E-state index contributed by atoms with van der Waals surface area (Å²) in [5, 5.41) is 0. The predicted octanol–water partition coefficient (Wildman–Crippen LogP) is 1.96. The molecule has 1 aromatic carbocycles. The van der Waals surface area contributed by atoms with Crippen LogP contribution in [0.4, 0.5) is 4.39 Å². The number of hydrogen-bond donors (Lipinski definition) is 0. The van der Waals surface area contributed by atoms with Gasteiger partial charge >= 0.3 is 5.97 Å². The number of aromatic nitrogens is 2. The van der Waals surface area contributed by atoms with E-state index in [0.29, 0.717) is 25.2 Å². The van der Waals surface area contributed by atoms with Crippen LogP contribution >= 0.6 is 0 Å². The van der Waals surface area contributed by atoms with E-state index in [1.165, 1.54) is 19.2 Å². The van der Waals surface area contributed by atoms with Crippen molar-refractivity contribution in [1.29, 1.82) is 0 Å². The number of imidazole rings is 1. The zero-order valence-corrected chi connectivity index (χ0v) is 14.2. The molecule has 1 fully saturated rings. The summed E-state index contributed by atoms with van der Waals surface area (Å²) in [7, 11) is 1.36. The number of ether oxygens (including phenoxy) is 2. The number of hydrogen-bond acceptors (Lipinski definition) is 5. The van der Waals surface area contributed by atoms with Crippen LogP contribution in [0.25, 0.3) is 11.0 Å². The van der Waals surface area contributed by atoms with Crippen molar-refractivity contribution in [2.24, 2.45) is 0 Å². The number of methoxy groups -OCH3 is 1. The van der Waals surface area contributed by atoms with Gasteiger partial charge in [0.15, 0.2) is 6.10 Å². The number of aryl methyl sites for hydroxylation is 1. The molecule has 1 aliphatic rings. The largest absolute Gasteiger partial charge is 0.467 e. The molecule has 2 atom stereocenters. The van der Waals surface area contributed by atoms with Crippen LogP contribution in [0, 0.1) is 5.82 Å². The predicted molar refractivity (Wildman–Crippen MR) is 87.0 cm³/mol. The van der Waals surface area contributed by atoms with Crippen LogP contribution in [0.3, 0.4) is 0 Å². The number of nitrogens with zero attached hydrogens (tertiary/aromatic N) is 3. The van der Waals surface area contributed by atoms with E-state index in [-0.39, 0.29) is 17.9 Å². The van der Waals surface area contributed by atoms with Crippen molar-refractivity contribution in [3.63, 3.8) is 0 Å². The minimum atomic E-state index is -0.587. The number of fused-ring (bicyclic) bond motifs is 1. The molecule has 1 aromatic heterocycles. The lowest BCUT2D eigenvalue weighted by Gasteiger charge is -2.35. The summed E-state index contributed by atoms with van der Waals surface area (Å²) in [5.41, 5.74) is 1.57. The molecule has 0 saturated carbocycles. The van der Waals surface area contributed by atoms with Gasteiger partial charge in [0.2, 0.25) is 0 Å². The number of halogens is 1. The van der Waals surface area contributed by atoms with E-state index in [9.17, 15) is 9.18 Å². The average Bonchev–Trinajstić information content (AvgIpc) is 2.89. The molecule has 130 valence electrons. The highest BCUT2D eigenvalue weighted by Gasteiger charge is 2.31. The first-order valence-corrected chi connectivity index (χ1v) is 8.12. The first-order valence-electron chi connectivity index (χ1n) is 8.12. The number of morpholine rings is 1. The van der Waals surface area contributed by atoms with Crippen molar-refractivity contribution >= 4 is 17.0 Å². The van der Waals surface area contributed by atoms with Crippen molar-refractivity contribution in [3.8, 4) is 0 Å². The zero-order valence-electron chi connectivity index (χ0n) is 14.2. The Balaban J connectivity index is 1.84. The third kappa shape index (κ3) is 3.27. The Morgan fingerprint density at radius 3 is 2.96 bits per heavy atom. The highest BCUT2D eigenvalue weighted by atomic mass is 19.1. The standard InChI is InChI=1S/C17H22FN3O3/c1-4-21-14-6-5-12(18)7-13(14)19-16(21)10-20-8-11(2)24-15(9-20)17(22)23-3/h5-7,11,15H,4,8-10H2,1-3H3/t11-,15-/m1/s1. The quantitative estimate of drug-likeness (QED) is 0.800. The van der Waals surface area contributed by atoms with Crippen LogP contribution in [0.5, 0.6) is 0 Å². The van der Waals surface area contributed by atoms with Crippen LogP contribution in [0.2, 0.25) is 0 Å². The van der Waals surface area contributed by atoms with Gasteiger partial charge in [-0.05, 0) is 26.0 Å². The Bertz CT molecular complexity index is 746. The van der Waals surface area contributed by atoms with Gasteiger partial charge < -0.3 is 14.0 Å². The molecule has 6 nitrogen and oxygen atoms in total. The van der Waals surface area contributed by atoms with Gasteiger partial charge in [-0.3, -0.25) is 4.90 Å². The van der Waals surface area contributed by atoms with Crippen molar-refractivity contribution in [2.45, 2.75) is 39.1 Å². The van der Waals surface area contributed by atoms with Crippen LogP contribution in [-0.2, 0) is 27.4 Å². The van der Waals surface area contributed by atoms with Crippen molar-refractivity contribution in [2.75, 3.05) is 20.2 Å². The highest BCUT2D eigenvalue weighted by Crippen LogP contribution is 2.20. The van der Waals surface area contributed by atoms with Crippen LogP contribution in [-0.4, -0.2) is 52.8 Å². The van der Waals surface area contributed by atoms with E-state index in [1.807, 2.05) is 13.8 Å². The van der Waals surface area contributed by atoms with Gasteiger partial charge in [0.1, 0.15) is 11.6 Å². The molecule has 0 bridgehead atoms. The molecule has 24 heavy (non-hydrogen) atoms. The normalized spacial score (nSPS) is 22.0. The van der Waals surface area contributed by atoms with E-state index in [0.717, 1.165) is 17.9 Å². The van der Waals surface area contributed by atoms with E-state index < -0.39 is 6.10 Å². The zero-order chi connectivity index (χ0) is 17.3. The molecular formula is C17H22FN3O3. The maximum absolute atomic E-state index is 13.4. The second-order valence-electron chi connectivity index (χ2n) is 6.06. The van der Waals surface area contributed by atoms with Gasteiger partial charge in [-0.15, -0.1) is 0 Å². The third-order valence-electron chi connectivity index (χ3n) is 4.27.